The molecule has 0 fully saturated rings. The Bertz CT molecular complexity index is 203. The highest BCUT2D eigenvalue weighted by molar-refractivity contribution is 5.18. The predicted molar refractivity (Wildman–Crippen MR) is 48.3 cm³/mol. The predicted octanol–water partition coefficient (Wildman–Crippen LogP) is 2.33. The van der Waals surface area contributed by atoms with Crippen LogP contribution in [-0.4, -0.2) is 18.0 Å². The van der Waals surface area contributed by atoms with Crippen LogP contribution in [0.15, 0.2) is 29.7 Å². The van der Waals surface area contributed by atoms with E-state index in [2.05, 4.69) is 36.6 Å². The van der Waals surface area contributed by atoms with Crippen LogP contribution in [0.25, 0.3) is 0 Å². The smallest absolute Gasteiger partial charge is 0.0183 e. The van der Waals surface area contributed by atoms with E-state index in [-0.39, 0.29) is 0 Å². The quantitative estimate of drug-likeness (QED) is 0.557. The molecule has 0 aliphatic heterocycles. The fourth-order valence-corrected chi connectivity index (χ4v) is 1.31. The average Bonchev–Trinajstić information content (AvgIpc) is 2.09. The van der Waals surface area contributed by atoms with Gasteiger partial charge >= 0.3 is 0 Å². The van der Waals surface area contributed by atoms with Gasteiger partial charge in [-0.1, -0.05) is 0 Å². The van der Waals surface area contributed by atoms with Crippen LogP contribution >= 0.6 is 0 Å². The molecular weight excluding hydrogens is 134 g/mol. The molecule has 0 radical (unpaired) electrons. The summed E-state index contributed by atoms with van der Waals surface area (Å²) in [6, 6.07) is 0. The molecule has 11 heavy (non-hydrogen) atoms. The molecule has 0 aromatic carbocycles. The van der Waals surface area contributed by atoms with E-state index in [1.54, 1.807) is 0 Å². The van der Waals surface area contributed by atoms with Gasteiger partial charge in [-0.3, -0.25) is 0 Å². The lowest BCUT2D eigenvalue weighted by Crippen LogP contribution is -2.22. The van der Waals surface area contributed by atoms with E-state index in [4.69, 9.17) is 0 Å². The molecule has 0 heterocycles. The standard InChI is InChI=1S/C10H15N/c1-3-11(4-2)10-8-6-5-7-9-10/h6-8H,3-4,9H2,1-2H3. The summed E-state index contributed by atoms with van der Waals surface area (Å²) in [5, 5.41) is 0. The van der Waals surface area contributed by atoms with Crippen molar-refractivity contribution in [3.05, 3.63) is 29.7 Å². The molecular formula is C10H15N. The first kappa shape index (κ1) is 8.16. The van der Waals surface area contributed by atoms with Gasteiger partial charge < -0.3 is 4.90 Å². The molecule has 1 heteroatoms. The molecule has 1 aliphatic carbocycles. The van der Waals surface area contributed by atoms with Gasteiger partial charge in [0.25, 0.3) is 0 Å². The normalized spacial score (nSPS) is 14.9. The largest absolute Gasteiger partial charge is 0.375 e. The SMILES string of the molecule is CCN(CC)C1=CC=C=CC1. The van der Waals surface area contributed by atoms with Crippen LogP contribution in [0.2, 0.25) is 0 Å². The summed E-state index contributed by atoms with van der Waals surface area (Å²) in [7, 11) is 0. The summed E-state index contributed by atoms with van der Waals surface area (Å²) in [5.41, 5.74) is 4.48. The Morgan fingerprint density at radius 1 is 1.45 bits per heavy atom. The second-order valence-electron chi connectivity index (χ2n) is 2.57. The molecule has 1 nitrogen and oxygen atoms in total. The molecule has 0 aromatic rings. The molecule has 0 saturated heterocycles. The van der Waals surface area contributed by atoms with Gasteiger partial charge in [-0.25, -0.2) is 0 Å². The zero-order valence-corrected chi connectivity index (χ0v) is 7.30. The lowest BCUT2D eigenvalue weighted by atomic mass is 10.2. The van der Waals surface area contributed by atoms with E-state index >= 15 is 0 Å². The number of hydrogen-bond donors (Lipinski definition) is 0. The summed E-state index contributed by atoms with van der Waals surface area (Å²) in [6.45, 7) is 6.58. The number of hydrogen-bond acceptors (Lipinski definition) is 1. The van der Waals surface area contributed by atoms with Crippen LogP contribution in [-0.2, 0) is 0 Å². The molecule has 0 atom stereocenters. The summed E-state index contributed by atoms with van der Waals surface area (Å²) in [4.78, 5) is 2.37. The van der Waals surface area contributed by atoms with Crippen molar-refractivity contribution in [2.75, 3.05) is 13.1 Å². The highest BCUT2D eigenvalue weighted by atomic mass is 15.1. The van der Waals surface area contributed by atoms with Crippen LogP contribution in [0.1, 0.15) is 20.3 Å². The molecule has 0 spiro atoms. The second-order valence-corrected chi connectivity index (χ2v) is 2.57. The van der Waals surface area contributed by atoms with E-state index in [1.807, 2.05) is 6.08 Å². The third kappa shape index (κ3) is 1.99. The maximum atomic E-state index is 3.06. The van der Waals surface area contributed by atoms with Gasteiger partial charge in [-0.15, -0.1) is 5.73 Å². The lowest BCUT2D eigenvalue weighted by molar-refractivity contribution is 0.375. The van der Waals surface area contributed by atoms with Crippen LogP contribution in [0.4, 0.5) is 0 Å². The third-order valence-electron chi connectivity index (χ3n) is 1.97. The highest BCUT2D eigenvalue weighted by Crippen LogP contribution is 2.11. The van der Waals surface area contributed by atoms with Crippen molar-refractivity contribution in [2.24, 2.45) is 0 Å². The van der Waals surface area contributed by atoms with E-state index < -0.39 is 0 Å². The Kier molecular flexibility index (Phi) is 3.00. The average molecular weight is 149 g/mol. The van der Waals surface area contributed by atoms with E-state index in [9.17, 15) is 0 Å². The molecule has 0 unspecified atom stereocenters. The van der Waals surface area contributed by atoms with Gasteiger partial charge in [0.05, 0.1) is 0 Å². The van der Waals surface area contributed by atoms with Crippen molar-refractivity contribution < 1.29 is 0 Å². The Labute approximate surface area is 68.7 Å². The Morgan fingerprint density at radius 2 is 2.18 bits per heavy atom. The maximum Gasteiger partial charge on any atom is 0.0183 e. The molecule has 0 bridgehead atoms. The third-order valence-corrected chi connectivity index (χ3v) is 1.97. The van der Waals surface area contributed by atoms with Crippen LogP contribution < -0.4 is 0 Å². The molecule has 0 N–H and O–H groups in total. The minimum Gasteiger partial charge on any atom is -0.375 e. The summed E-state index contributed by atoms with van der Waals surface area (Å²) in [6.07, 6.45) is 7.25. The van der Waals surface area contributed by atoms with Crippen molar-refractivity contribution >= 4 is 0 Å². The highest BCUT2D eigenvalue weighted by Gasteiger charge is 2.03. The van der Waals surface area contributed by atoms with E-state index in [1.165, 1.54) is 5.70 Å². The van der Waals surface area contributed by atoms with Gasteiger partial charge in [0.1, 0.15) is 0 Å². The van der Waals surface area contributed by atoms with Crippen molar-refractivity contribution in [2.45, 2.75) is 20.3 Å². The molecule has 60 valence electrons. The zero-order chi connectivity index (χ0) is 8.10. The molecule has 0 amide bonds. The monoisotopic (exact) mass is 149 g/mol. The first-order valence-corrected chi connectivity index (χ1v) is 4.23. The van der Waals surface area contributed by atoms with Crippen LogP contribution in [0, 0.1) is 0 Å². The minimum absolute atomic E-state index is 1.04. The zero-order valence-electron chi connectivity index (χ0n) is 7.30. The fraction of sp³-hybridized carbons (Fsp3) is 0.500. The Morgan fingerprint density at radius 3 is 2.64 bits per heavy atom. The van der Waals surface area contributed by atoms with Crippen LogP contribution in [0.5, 0.6) is 0 Å². The number of nitrogens with zero attached hydrogens (tertiary/aromatic N) is 1. The van der Waals surface area contributed by atoms with Gasteiger partial charge in [0.2, 0.25) is 0 Å². The molecule has 0 saturated carbocycles. The number of rotatable bonds is 3. The Balaban J connectivity index is 2.60. The van der Waals surface area contributed by atoms with Gasteiger partial charge in [0, 0.05) is 25.2 Å². The molecule has 0 aromatic heterocycles. The first-order chi connectivity index (χ1) is 5.38. The summed E-state index contributed by atoms with van der Waals surface area (Å²) in [5.74, 6) is 0. The maximum absolute atomic E-state index is 3.06. The molecule has 1 aliphatic rings. The summed E-state index contributed by atoms with van der Waals surface area (Å²) >= 11 is 0. The first-order valence-electron chi connectivity index (χ1n) is 4.23. The summed E-state index contributed by atoms with van der Waals surface area (Å²) < 4.78 is 0. The van der Waals surface area contributed by atoms with E-state index in [0.717, 1.165) is 19.5 Å². The van der Waals surface area contributed by atoms with Crippen molar-refractivity contribution in [1.82, 2.24) is 4.90 Å². The van der Waals surface area contributed by atoms with Gasteiger partial charge in [-0.2, -0.15) is 0 Å². The van der Waals surface area contributed by atoms with Gasteiger partial charge in [-0.05, 0) is 32.1 Å². The van der Waals surface area contributed by atoms with Crippen LogP contribution in [0.3, 0.4) is 0 Å². The van der Waals surface area contributed by atoms with Crippen molar-refractivity contribution in [3.8, 4) is 0 Å². The topological polar surface area (TPSA) is 3.24 Å². The molecule has 1 rings (SSSR count). The van der Waals surface area contributed by atoms with E-state index in [0.29, 0.717) is 0 Å². The van der Waals surface area contributed by atoms with Crippen molar-refractivity contribution in [1.29, 1.82) is 0 Å². The van der Waals surface area contributed by atoms with Gasteiger partial charge in [0.15, 0.2) is 0 Å². The lowest BCUT2D eigenvalue weighted by Gasteiger charge is -2.23. The fourth-order valence-electron chi connectivity index (χ4n) is 1.31. The minimum atomic E-state index is 1.04. The Hall–Kier alpha value is -0.940. The second kappa shape index (κ2) is 4.05. The number of allylic oxidation sites excluding steroid dienone is 2. The van der Waals surface area contributed by atoms with Crippen molar-refractivity contribution in [3.63, 3.8) is 0 Å².